The average Bonchev–Trinajstić information content (AvgIpc) is 3.21. The van der Waals surface area contributed by atoms with E-state index >= 15 is 0 Å². The SMILES string of the molecule is CC[C@H]1CSC2=N[C@H](c3ccccn3)[C@@H](c3ccc(O)c([N+](=O)[O-])c3)N21. The predicted molar refractivity (Wildman–Crippen MR) is 100 cm³/mol. The first-order valence-electron chi connectivity index (χ1n) is 8.47. The number of nitro groups is 1. The second-order valence-corrected chi connectivity index (χ2v) is 7.33. The summed E-state index contributed by atoms with van der Waals surface area (Å²) < 4.78 is 0. The lowest BCUT2D eigenvalue weighted by Gasteiger charge is -2.31. The maximum Gasteiger partial charge on any atom is 0.311 e. The van der Waals surface area contributed by atoms with E-state index in [0.29, 0.717) is 6.04 Å². The van der Waals surface area contributed by atoms with E-state index in [1.165, 1.54) is 12.1 Å². The zero-order valence-electron chi connectivity index (χ0n) is 14.1. The zero-order valence-corrected chi connectivity index (χ0v) is 15.0. The summed E-state index contributed by atoms with van der Waals surface area (Å²) in [5.74, 6) is 0.635. The molecule has 3 atom stereocenters. The van der Waals surface area contributed by atoms with Crippen molar-refractivity contribution in [1.82, 2.24) is 9.88 Å². The van der Waals surface area contributed by atoms with Crippen LogP contribution in [0.5, 0.6) is 5.75 Å². The standard InChI is InChI=1S/C18H18N4O3S/c1-2-12-10-26-18-20-16(13-5-3-4-8-19-13)17(21(12)18)11-6-7-15(23)14(9-11)22(24)25/h3-9,12,16-17,23H,2,10H2,1H3/t12-,16+,17+/m0/s1. The van der Waals surface area contributed by atoms with E-state index in [4.69, 9.17) is 4.99 Å². The smallest absolute Gasteiger partial charge is 0.311 e. The molecule has 0 aliphatic carbocycles. The molecule has 0 radical (unpaired) electrons. The number of phenols is 1. The Bertz CT molecular complexity index is 874. The number of hydrogen-bond acceptors (Lipinski definition) is 7. The molecule has 2 aromatic rings. The number of aliphatic imine (C=N–C) groups is 1. The number of aromatic hydroxyl groups is 1. The van der Waals surface area contributed by atoms with Crippen molar-refractivity contribution in [2.24, 2.45) is 4.99 Å². The highest BCUT2D eigenvalue weighted by molar-refractivity contribution is 8.14. The molecule has 4 rings (SSSR count). The third-order valence-corrected chi connectivity index (χ3v) is 5.99. The largest absolute Gasteiger partial charge is 0.502 e. The number of thioether (sulfide) groups is 1. The van der Waals surface area contributed by atoms with Crippen molar-refractivity contribution in [2.75, 3.05) is 5.75 Å². The summed E-state index contributed by atoms with van der Waals surface area (Å²) in [6.45, 7) is 2.14. The molecule has 7 nitrogen and oxygen atoms in total. The molecule has 0 spiro atoms. The lowest BCUT2D eigenvalue weighted by molar-refractivity contribution is -0.386. The highest BCUT2D eigenvalue weighted by Gasteiger charge is 2.45. The van der Waals surface area contributed by atoms with Crippen molar-refractivity contribution >= 4 is 22.6 Å². The number of amidine groups is 1. The van der Waals surface area contributed by atoms with Gasteiger partial charge in [-0.2, -0.15) is 0 Å². The fourth-order valence-electron chi connectivity index (χ4n) is 3.58. The Labute approximate surface area is 154 Å². The van der Waals surface area contributed by atoms with E-state index in [0.717, 1.165) is 28.6 Å². The summed E-state index contributed by atoms with van der Waals surface area (Å²) in [7, 11) is 0. The predicted octanol–water partition coefficient (Wildman–Crippen LogP) is 3.67. The Balaban J connectivity index is 1.82. The zero-order chi connectivity index (χ0) is 18.3. The molecule has 26 heavy (non-hydrogen) atoms. The number of benzene rings is 1. The molecule has 2 aliphatic heterocycles. The first-order chi connectivity index (χ1) is 12.6. The number of phenolic OH excluding ortho intramolecular Hbond substituents is 1. The maximum absolute atomic E-state index is 11.3. The normalized spacial score (nSPS) is 24.4. The molecule has 0 saturated carbocycles. The van der Waals surface area contributed by atoms with Crippen molar-refractivity contribution in [3.8, 4) is 5.75 Å². The van der Waals surface area contributed by atoms with Crippen LogP contribution in [0.3, 0.4) is 0 Å². The van der Waals surface area contributed by atoms with E-state index < -0.39 is 4.92 Å². The van der Waals surface area contributed by atoms with Gasteiger partial charge in [0, 0.05) is 24.1 Å². The second-order valence-electron chi connectivity index (χ2n) is 6.34. The van der Waals surface area contributed by atoms with Gasteiger partial charge in [0.05, 0.1) is 16.7 Å². The molecule has 0 bridgehead atoms. The molecule has 1 N–H and O–H groups in total. The first-order valence-corrected chi connectivity index (χ1v) is 9.46. The molecule has 1 saturated heterocycles. The summed E-state index contributed by atoms with van der Waals surface area (Å²) in [5, 5.41) is 22.1. The van der Waals surface area contributed by atoms with Crippen molar-refractivity contribution in [3.05, 3.63) is 64.0 Å². The topological polar surface area (TPSA) is 91.9 Å². The van der Waals surface area contributed by atoms with Crippen LogP contribution < -0.4 is 0 Å². The van der Waals surface area contributed by atoms with Crippen LogP contribution in [0.1, 0.15) is 36.7 Å². The average molecular weight is 370 g/mol. The van der Waals surface area contributed by atoms with Crippen LogP contribution in [0.4, 0.5) is 5.69 Å². The van der Waals surface area contributed by atoms with Gasteiger partial charge in [-0.3, -0.25) is 20.1 Å². The van der Waals surface area contributed by atoms with Crippen molar-refractivity contribution in [2.45, 2.75) is 31.5 Å². The fraction of sp³-hybridized carbons (Fsp3) is 0.333. The molecule has 134 valence electrons. The third-order valence-electron chi connectivity index (χ3n) is 4.87. The highest BCUT2D eigenvalue weighted by atomic mass is 32.2. The molecule has 2 aliphatic rings. The number of hydrogen-bond donors (Lipinski definition) is 1. The minimum Gasteiger partial charge on any atom is -0.502 e. The molecule has 1 fully saturated rings. The van der Waals surface area contributed by atoms with Crippen molar-refractivity contribution < 1.29 is 10.0 Å². The Hall–Kier alpha value is -2.61. The van der Waals surface area contributed by atoms with Gasteiger partial charge in [0.2, 0.25) is 0 Å². The molecular formula is C18H18N4O3S. The number of aromatic nitrogens is 1. The molecule has 1 aromatic carbocycles. The quantitative estimate of drug-likeness (QED) is 0.652. The molecule has 0 amide bonds. The summed E-state index contributed by atoms with van der Waals surface area (Å²) in [5.41, 5.74) is 1.33. The highest BCUT2D eigenvalue weighted by Crippen LogP contribution is 2.49. The summed E-state index contributed by atoms with van der Waals surface area (Å²) in [4.78, 5) is 22.3. The molecule has 3 heterocycles. The van der Waals surface area contributed by atoms with Crippen molar-refractivity contribution in [3.63, 3.8) is 0 Å². The number of pyridine rings is 1. The van der Waals surface area contributed by atoms with Gasteiger partial charge in [-0.1, -0.05) is 30.8 Å². The Kier molecular flexibility index (Phi) is 4.28. The van der Waals surface area contributed by atoms with Crippen LogP contribution >= 0.6 is 11.8 Å². The second kappa shape index (κ2) is 6.60. The van der Waals surface area contributed by atoms with Crippen LogP contribution in [0.15, 0.2) is 47.6 Å². The van der Waals surface area contributed by atoms with E-state index in [9.17, 15) is 15.2 Å². The minimum absolute atomic E-state index is 0.167. The maximum atomic E-state index is 11.3. The first kappa shape index (κ1) is 16.8. The fourth-order valence-corrected chi connectivity index (χ4v) is 4.92. The van der Waals surface area contributed by atoms with Crippen LogP contribution in [0.2, 0.25) is 0 Å². The van der Waals surface area contributed by atoms with Gasteiger partial charge in [0.1, 0.15) is 6.04 Å². The Morgan fingerprint density at radius 3 is 2.92 bits per heavy atom. The van der Waals surface area contributed by atoms with Gasteiger partial charge in [-0.05, 0) is 30.2 Å². The summed E-state index contributed by atoms with van der Waals surface area (Å²) >= 11 is 1.72. The van der Waals surface area contributed by atoms with Crippen LogP contribution in [-0.2, 0) is 0 Å². The molecule has 8 heteroatoms. The lowest BCUT2D eigenvalue weighted by Crippen LogP contribution is -2.35. The van der Waals surface area contributed by atoms with Gasteiger partial charge >= 0.3 is 5.69 Å². The monoisotopic (exact) mass is 370 g/mol. The van der Waals surface area contributed by atoms with Crippen molar-refractivity contribution in [1.29, 1.82) is 0 Å². The number of nitrogens with zero attached hydrogens (tertiary/aromatic N) is 4. The van der Waals surface area contributed by atoms with Gasteiger partial charge in [-0.15, -0.1) is 0 Å². The van der Waals surface area contributed by atoms with E-state index in [2.05, 4.69) is 16.8 Å². The minimum atomic E-state index is -0.554. The Morgan fingerprint density at radius 1 is 1.38 bits per heavy atom. The third kappa shape index (κ3) is 2.70. The number of fused-ring (bicyclic) bond motifs is 1. The number of rotatable bonds is 4. The van der Waals surface area contributed by atoms with Gasteiger partial charge in [-0.25, -0.2) is 0 Å². The van der Waals surface area contributed by atoms with E-state index in [1.54, 1.807) is 24.0 Å². The van der Waals surface area contributed by atoms with Crippen LogP contribution in [0, 0.1) is 10.1 Å². The molecule has 0 unspecified atom stereocenters. The van der Waals surface area contributed by atoms with Crippen LogP contribution in [0.25, 0.3) is 0 Å². The van der Waals surface area contributed by atoms with Gasteiger partial charge < -0.3 is 10.0 Å². The van der Waals surface area contributed by atoms with E-state index in [-0.39, 0.29) is 23.5 Å². The summed E-state index contributed by atoms with van der Waals surface area (Å²) in [6, 6.07) is 10.3. The Morgan fingerprint density at radius 2 is 2.23 bits per heavy atom. The number of nitro benzene ring substituents is 1. The molecule has 1 aromatic heterocycles. The molecular weight excluding hydrogens is 352 g/mol. The van der Waals surface area contributed by atoms with Crippen LogP contribution in [-0.4, -0.2) is 36.9 Å². The van der Waals surface area contributed by atoms with Gasteiger partial charge in [0.15, 0.2) is 10.9 Å². The van der Waals surface area contributed by atoms with Gasteiger partial charge in [0.25, 0.3) is 0 Å². The van der Waals surface area contributed by atoms with E-state index in [1.807, 2.05) is 18.2 Å². The summed E-state index contributed by atoms with van der Waals surface area (Å²) in [6.07, 6.45) is 2.71. The lowest BCUT2D eigenvalue weighted by atomic mass is 9.94.